The van der Waals surface area contributed by atoms with Gasteiger partial charge in [-0.1, -0.05) is 0 Å². The minimum absolute atomic E-state index is 0. The number of pyridine rings is 6. The maximum absolute atomic E-state index is 11.5. The van der Waals surface area contributed by atoms with E-state index in [4.69, 9.17) is 75.7 Å². The third-order valence-electron chi connectivity index (χ3n) is 8.98. The zero-order chi connectivity index (χ0) is 65.4. The van der Waals surface area contributed by atoms with Crippen molar-refractivity contribution in [1.82, 2.24) is 29.9 Å². The average molecular weight is 1300 g/mol. The summed E-state index contributed by atoms with van der Waals surface area (Å²) in [6.07, 6.45) is 9.38. The molecule has 6 aromatic rings. The zero-order valence-electron chi connectivity index (χ0n) is 49.1. The molecule has 0 bridgehead atoms. The maximum Gasteiger partial charge on any atom is 2.00 e. The number of ether oxygens (including phenoxy) is 7. The monoisotopic (exact) mass is 1300 g/mol. The SMILES string of the molecule is CC#N.CC(C)OC(C)C.CCOC(=O)c1ccc(-c2ccc(C(=O)OCC)cn2)nc1.CCOC(=O)c1ccc(-c2ccc(C(=O)OCC)cn2)nc1.CCOC(=O)c1ccc(-c2ccc(C(=O)OCC)cn2)nc1.[Fe+2].[O-][Cl+3]([O-])([O-])[O-].[O-][Cl+3]([O-])([O-])[O-]. The number of hydrogen-bond donors (Lipinski definition) is 0. The fourth-order valence-electron chi connectivity index (χ4n) is 5.83. The van der Waals surface area contributed by atoms with Gasteiger partial charge in [0, 0.05) is 44.1 Å². The first-order valence-corrected chi connectivity index (χ1v) is 28.0. The van der Waals surface area contributed by atoms with Crippen LogP contribution >= 0.6 is 0 Å². The quantitative estimate of drug-likeness (QED) is 0.0674. The van der Waals surface area contributed by atoms with Crippen molar-refractivity contribution in [2.24, 2.45) is 0 Å². The molecule has 0 radical (unpaired) electrons. The normalized spacial score (nSPS) is 10.0. The van der Waals surface area contributed by atoms with Gasteiger partial charge in [-0.2, -0.15) is 5.26 Å². The van der Waals surface area contributed by atoms with E-state index in [9.17, 15) is 28.8 Å². The van der Waals surface area contributed by atoms with Gasteiger partial charge in [0.1, 0.15) is 0 Å². The van der Waals surface area contributed by atoms with Crippen molar-refractivity contribution in [3.8, 4) is 40.2 Å². The van der Waals surface area contributed by atoms with Crippen LogP contribution in [0.3, 0.4) is 0 Å². The Hall–Kier alpha value is -8.05. The van der Waals surface area contributed by atoms with E-state index in [2.05, 4.69) is 29.9 Å². The van der Waals surface area contributed by atoms with Crippen LogP contribution in [0.4, 0.5) is 0 Å². The van der Waals surface area contributed by atoms with E-state index in [-0.39, 0.29) is 17.1 Å². The van der Waals surface area contributed by atoms with Crippen LogP contribution in [0.25, 0.3) is 34.2 Å². The van der Waals surface area contributed by atoms with Crippen LogP contribution in [0, 0.1) is 31.8 Å². The first kappa shape index (κ1) is 81.0. The van der Waals surface area contributed by atoms with Crippen molar-refractivity contribution in [3.05, 3.63) is 143 Å². The van der Waals surface area contributed by atoms with Crippen molar-refractivity contribution in [1.29, 1.82) is 5.26 Å². The fraction of sp³-hybridized carbons (Fsp3) is 0.339. The summed E-state index contributed by atoms with van der Waals surface area (Å²) in [4.78, 5) is 94.4. The van der Waals surface area contributed by atoms with Crippen LogP contribution in [0.2, 0.25) is 0 Å². The van der Waals surface area contributed by atoms with Gasteiger partial charge in [0.2, 0.25) is 0 Å². The third kappa shape index (κ3) is 37.2. The molecule has 0 amide bonds. The zero-order valence-corrected chi connectivity index (χ0v) is 51.7. The van der Waals surface area contributed by atoms with Crippen molar-refractivity contribution in [2.45, 2.75) is 88.4 Å². The minimum Gasteiger partial charge on any atom is -0.462 e. The number of carbonyl (C=O) groups excluding carboxylic acids is 6. The summed E-state index contributed by atoms with van der Waals surface area (Å²) in [6, 6.07) is 21.6. The fourth-order valence-corrected chi connectivity index (χ4v) is 5.83. The summed E-state index contributed by atoms with van der Waals surface area (Å²) in [5.41, 5.74) is 5.90. The molecule has 0 aliphatic carbocycles. The molecule has 0 unspecified atom stereocenters. The number of aromatic nitrogens is 6. The van der Waals surface area contributed by atoms with E-state index in [1.165, 1.54) is 44.1 Å². The van der Waals surface area contributed by atoms with Crippen molar-refractivity contribution < 1.29 is 137 Å². The van der Waals surface area contributed by atoms with E-state index in [0.717, 1.165) is 0 Å². The molecule has 0 saturated carbocycles. The molecule has 0 atom stereocenters. The molecule has 0 aliphatic rings. The second-order valence-corrected chi connectivity index (χ2v) is 17.6. The van der Waals surface area contributed by atoms with Gasteiger partial charge < -0.3 is 33.2 Å². The molecule has 0 fully saturated rings. The van der Waals surface area contributed by atoms with Gasteiger partial charge >= 0.3 is 52.9 Å². The van der Waals surface area contributed by atoms with Crippen molar-refractivity contribution >= 4 is 35.8 Å². The van der Waals surface area contributed by atoms with Gasteiger partial charge in [-0.05, 0) is 142 Å². The van der Waals surface area contributed by atoms with Crippen LogP contribution in [0.15, 0.2) is 110 Å². The Bertz CT molecular complexity index is 2490. The summed E-state index contributed by atoms with van der Waals surface area (Å²) in [6.45, 7) is 22.0. The molecule has 0 saturated heterocycles. The molecule has 87 heavy (non-hydrogen) atoms. The molecule has 6 aromatic heterocycles. The Morgan fingerprint density at radius 1 is 0.368 bits per heavy atom. The van der Waals surface area contributed by atoms with Crippen LogP contribution < -0.4 is 37.3 Å². The Labute approximate surface area is 517 Å². The molecule has 0 spiro atoms. The van der Waals surface area contributed by atoms with E-state index in [1.54, 1.807) is 120 Å². The second-order valence-electron chi connectivity index (χ2n) is 16.1. The van der Waals surface area contributed by atoms with Gasteiger partial charge in [0.25, 0.3) is 0 Å². The van der Waals surface area contributed by atoms with Crippen LogP contribution in [0.1, 0.15) is 138 Å². The first-order valence-electron chi connectivity index (χ1n) is 25.5. The maximum atomic E-state index is 11.5. The number of hydrogen-bond acceptors (Lipinski definition) is 28. The number of rotatable bonds is 17. The van der Waals surface area contributed by atoms with Gasteiger partial charge in [0.15, 0.2) is 0 Å². The molecule has 472 valence electrons. The largest absolute Gasteiger partial charge is 2.00 e. The smallest absolute Gasteiger partial charge is 0.462 e. The van der Waals surface area contributed by atoms with E-state index >= 15 is 0 Å². The van der Waals surface area contributed by atoms with Gasteiger partial charge in [-0.15, -0.1) is 20.5 Å². The topological polar surface area (TPSA) is 453 Å². The van der Waals surface area contributed by atoms with Crippen LogP contribution in [0.5, 0.6) is 0 Å². The number of nitriles is 1. The second kappa shape index (κ2) is 44.4. The number of nitrogens with zero attached hydrogens (tertiary/aromatic N) is 7. The third-order valence-corrected chi connectivity index (χ3v) is 8.98. The molecule has 6 rings (SSSR count). The Morgan fingerprint density at radius 2 is 0.494 bits per heavy atom. The van der Waals surface area contributed by atoms with Crippen molar-refractivity contribution in [2.75, 3.05) is 39.6 Å². The average Bonchev–Trinajstić information content (AvgIpc) is 1.83. The summed E-state index contributed by atoms with van der Waals surface area (Å²) in [5.74, 6) is -2.46. The number of halogens is 2. The Kier molecular flexibility index (Phi) is 41.4. The summed E-state index contributed by atoms with van der Waals surface area (Å²) < 4.78 is 103. The summed E-state index contributed by atoms with van der Waals surface area (Å²) in [5, 5.41) is 7.32. The first-order chi connectivity index (χ1) is 40.5. The molecule has 0 aromatic carbocycles. The predicted octanol–water partition coefficient (Wildman–Crippen LogP) is 0.326. The van der Waals surface area contributed by atoms with Crippen molar-refractivity contribution in [3.63, 3.8) is 0 Å². The molecule has 0 N–H and O–H groups in total. The van der Waals surface area contributed by atoms with E-state index in [0.29, 0.717) is 119 Å². The predicted molar refractivity (Wildman–Crippen MR) is 281 cm³/mol. The molecular weight excluding hydrogens is 1230 g/mol. The molecule has 0 aliphatic heterocycles. The van der Waals surface area contributed by atoms with Crippen LogP contribution in [-0.2, 0) is 50.2 Å². The molecule has 31 heteroatoms. The van der Waals surface area contributed by atoms with Gasteiger partial charge in [-0.25, -0.2) is 66.0 Å². The Balaban J connectivity index is 0. The molecule has 28 nitrogen and oxygen atoms in total. The minimum atomic E-state index is -4.94. The number of carbonyl (C=O) groups is 6. The Morgan fingerprint density at radius 3 is 0.563 bits per heavy atom. The van der Waals surface area contributed by atoms with Gasteiger partial charge in [-0.3, -0.25) is 29.9 Å². The van der Waals surface area contributed by atoms with Crippen LogP contribution in [-0.4, -0.2) is 118 Å². The number of esters is 6. The van der Waals surface area contributed by atoms with E-state index < -0.39 is 56.3 Å². The molecule has 6 heterocycles. The molecular formula is C56H65Cl2FeN7O21. The summed E-state index contributed by atoms with van der Waals surface area (Å²) >= 11 is 0. The van der Waals surface area contributed by atoms with E-state index in [1.807, 2.05) is 27.7 Å². The van der Waals surface area contributed by atoms with Gasteiger partial charge in [0.05, 0.1) is 125 Å². The summed E-state index contributed by atoms with van der Waals surface area (Å²) in [7, 11) is -9.89. The standard InChI is InChI=1S/3C16H16N2O4.C6H14O.C2H3N.2ClHO4.Fe/c3*1-3-21-15(19)11-5-7-13(17-9-11)14-8-6-12(10-18-14)16(20)22-4-2;1-5(2)7-6(3)4;1-2-3;2*2-1(3,4)5;/h3*5-10H,3-4H2,1-2H3;5-6H,1-4H3;1H3;2*(H,2,3,4,5);/q;;;;;;;+2/p-2.